The van der Waals surface area contributed by atoms with Gasteiger partial charge in [0.1, 0.15) is 5.60 Å². The van der Waals surface area contributed by atoms with E-state index in [9.17, 15) is 5.11 Å². The quantitative estimate of drug-likeness (QED) is 0.861. The van der Waals surface area contributed by atoms with E-state index in [0.717, 1.165) is 11.1 Å². The minimum Gasteiger partial charge on any atom is -0.380 e. The summed E-state index contributed by atoms with van der Waals surface area (Å²) in [4.78, 5) is 0. The van der Waals surface area contributed by atoms with Crippen LogP contribution in [0.4, 0.5) is 0 Å². The third-order valence-electron chi connectivity index (χ3n) is 3.57. The molecule has 0 heterocycles. The van der Waals surface area contributed by atoms with Crippen molar-refractivity contribution in [2.24, 2.45) is 0 Å². The summed E-state index contributed by atoms with van der Waals surface area (Å²) in [7, 11) is 0. The molecule has 0 atom stereocenters. The zero-order valence-electron chi connectivity index (χ0n) is 11.3. The minimum absolute atomic E-state index is 0.666. The highest BCUT2D eigenvalue weighted by Crippen LogP contribution is 2.32. The van der Waals surface area contributed by atoms with Crippen LogP contribution in [0.2, 0.25) is 0 Å². The molecule has 0 amide bonds. The average Bonchev–Trinajstić information content (AvgIpc) is 2.39. The van der Waals surface area contributed by atoms with Crippen molar-refractivity contribution in [3.05, 3.63) is 70.8 Å². The van der Waals surface area contributed by atoms with Crippen LogP contribution in [-0.2, 0) is 5.60 Å². The Bertz CT molecular complexity index is 463. The standard InChI is InChI=1S/C17H20O/c1-4-17(18,15-9-5-13(2)6-10-15)16-11-7-14(3)8-12-16/h5-12,18H,4H2,1-3H3. The topological polar surface area (TPSA) is 20.2 Å². The molecule has 1 nitrogen and oxygen atoms in total. The second kappa shape index (κ2) is 4.95. The summed E-state index contributed by atoms with van der Waals surface area (Å²) in [5.74, 6) is 0. The fourth-order valence-corrected chi connectivity index (χ4v) is 2.23. The summed E-state index contributed by atoms with van der Waals surface area (Å²) in [6.07, 6.45) is 0.666. The van der Waals surface area contributed by atoms with Gasteiger partial charge in [0.2, 0.25) is 0 Å². The summed E-state index contributed by atoms with van der Waals surface area (Å²) < 4.78 is 0. The van der Waals surface area contributed by atoms with Crippen LogP contribution >= 0.6 is 0 Å². The summed E-state index contributed by atoms with van der Waals surface area (Å²) in [5, 5.41) is 10.9. The molecule has 0 bridgehead atoms. The van der Waals surface area contributed by atoms with Gasteiger partial charge in [0.15, 0.2) is 0 Å². The molecule has 94 valence electrons. The van der Waals surface area contributed by atoms with E-state index in [-0.39, 0.29) is 0 Å². The Kier molecular flexibility index (Phi) is 3.53. The summed E-state index contributed by atoms with van der Waals surface area (Å²) in [6.45, 7) is 6.13. The Balaban J connectivity index is 2.47. The van der Waals surface area contributed by atoms with Gasteiger partial charge in [-0.1, -0.05) is 66.6 Å². The molecule has 2 aromatic carbocycles. The van der Waals surface area contributed by atoms with Crippen LogP contribution in [0.1, 0.15) is 35.6 Å². The molecule has 0 radical (unpaired) electrons. The Morgan fingerprint density at radius 3 is 1.39 bits per heavy atom. The van der Waals surface area contributed by atoms with E-state index in [4.69, 9.17) is 0 Å². The molecule has 0 unspecified atom stereocenters. The fourth-order valence-electron chi connectivity index (χ4n) is 2.23. The van der Waals surface area contributed by atoms with Crippen molar-refractivity contribution in [1.29, 1.82) is 0 Å². The number of rotatable bonds is 3. The first-order valence-corrected chi connectivity index (χ1v) is 6.43. The zero-order valence-corrected chi connectivity index (χ0v) is 11.3. The van der Waals surface area contributed by atoms with Crippen LogP contribution in [0.3, 0.4) is 0 Å². The van der Waals surface area contributed by atoms with Crippen molar-refractivity contribution in [2.45, 2.75) is 32.8 Å². The lowest BCUT2D eigenvalue weighted by molar-refractivity contribution is 0.0765. The molecule has 1 N–H and O–H groups in total. The number of hydrogen-bond donors (Lipinski definition) is 1. The van der Waals surface area contributed by atoms with Crippen molar-refractivity contribution in [2.75, 3.05) is 0 Å². The number of benzene rings is 2. The van der Waals surface area contributed by atoms with Crippen molar-refractivity contribution in [3.63, 3.8) is 0 Å². The average molecular weight is 240 g/mol. The zero-order chi connectivity index (χ0) is 13.2. The lowest BCUT2D eigenvalue weighted by atomic mass is 9.83. The lowest BCUT2D eigenvalue weighted by Gasteiger charge is -2.28. The van der Waals surface area contributed by atoms with E-state index in [0.29, 0.717) is 6.42 Å². The van der Waals surface area contributed by atoms with Crippen molar-refractivity contribution >= 4 is 0 Å². The Morgan fingerprint density at radius 1 is 0.778 bits per heavy atom. The molecule has 1 heteroatoms. The van der Waals surface area contributed by atoms with E-state index in [2.05, 4.69) is 13.8 Å². The van der Waals surface area contributed by atoms with Gasteiger partial charge >= 0.3 is 0 Å². The van der Waals surface area contributed by atoms with Gasteiger partial charge in [-0.2, -0.15) is 0 Å². The molecule has 2 aromatic rings. The molecule has 2 rings (SSSR count). The largest absolute Gasteiger partial charge is 0.380 e. The second-order valence-corrected chi connectivity index (χ2v) is 4.95. The lowest BCUT2D eigenvalue weighted by Crippen LogP contribution is -2.26. The van der Waals surface area contributed by atoms with Crippen molar-refractivity contribution in [3.8, 4) is 0 Å². The predicted octanol–water partition coefficient (Wildman–Crippen LogP) is 3.95. The van der Waals surface area contributed by atoms with Crippen LogP contribution in [0.25, 0.3) is 0 Å². The van der Waals surface area contributed by atoms with E-state index < -0.39 is 5.60 Å². The van der Waals surface area contributed by atoms with Crippen molar-refractivity contribution in [1.82, 2.24) is 0 Å². The first-order valence-electron chi connectivity index (χ1n) is 6.43. The van der Waals surface area contributed by atoms with E-state index in [1.54, 1.807) is 0 Å². The van der Waals surface area contributed by atoms with Gasteiger partial charge in [0.05, 0.1) is 0 Å². The maximum atomic E-state index is 10.9. The Labute approximate surface area is 109 Å². The maximum Gasteiger partial charge on any atom is 0.114 e. The van der Waals surface area contributed by atoms with Crippen LogP contribution < -0.4 is 0 Å². The SMILES string of the molecule is CCC(O)(c1ccc(C)cc1)c1ccc(C)cc1. The second-order valence-electron chi connectivity index (χ2n) is 4.95. The molecule has 18 heavy (non-hydrogen) atoms. The molecule has 0 aliphatic rings. The van der Waals surface area contributed by atoms with Gasteiger partial charge in [-0.05, 0) is 31.4 Å². The molecule has 0 aliphatic carbocycles. The number of aryl methyl sites for hydroxylation is 2. The molecule has 0 saturated carbocycles. The predicted molar refractivity (Wildman–Crippen MR) is 75.6 cm³/mol. The summed E-state index contributed by atoms with van der Waals surface area (Å²) in [6, 6.07) is 16.2. The Morgan fingerprint density at radius 2 is 1.11 bits per heavy atom. The molecule has 0 spiro atoms. The van der Waals surface area contributed by atoms with E-state index >= 15 is 0 Å². The van der Waals surface area contributed by atoms with Gasteiger partial charge in [0.25, 0.3) is 0 Å². The van der Waals surface area contributed by atoms with Crippen LogP contribution in [0.15, 0.2) is 48.5 Å². The first kappa shape index (κ1) is 12.8. The first-order chi connectivity index (χ1) is 8.56. The summed E-state index contributed by atoms with van der Waals surface area (Å²) in [5.41, 5.74) is 3.45. The van der Waals surface area contributed by atoms with Gasteiger partial charge in [0, 0.05) is 0 Å². The molecular weight excluding hydrogens is 220 g/mol. The smallest absolute Gasteiger partial charge is 0.114 e. The molecule has 0 fully saturated rings. The fraction of sp³-hybridized carbons (Fsp3) is 0.294. The van der Waals surface area contributed by atoms with Crippen LogP contribution in [-0.4, -0.2) is 5.11 Å². The highest BCUT2D eigenvalue weighted by Gasteiger charge is 2.29. The monoisotopic (exact) mass is 240 g/mol. The minimum atomic E-state index is -0.887. The third kappa shape index (κ3) is 2.32. The third-order valence-corrected chi connectivity index (χ3v) is 3.57. The molecule has 0 aliphatic heterocycles. The molecule has 0 aromatic heterocycles. The van der Waals surface area contributed by atoms with Crippen LogP contribution in [0, 0.1) is 13.8 Å². The van der Waals surface area contributed by atoms with Gasteiger partial charge in [-0.25, -0.2) is 0 Å². The Hall–Kier alpha value is -1.60. The number of hydrogen-bond acceptors (Lipinski definition) is 1. The highest BCUT2D eigenvalue weighted by molar-refractivity contribution is 5.38. The normalized spacial score (nSPS) is 11.6. The van der Waals surface area contributed by atoms with Crippen LogP contribution in [0.5, 0.6) is 0 Å². The highest BCUT2D eigenvalue weighted by atomic mass is 16.3. The van der Waals surface area contributed by atoms with Gasteiger partial charge in [-0.15, -0.1) is 0 Å². The van der Waals surface area contributed by atoms with Gasteiger partial charge < -0.3 is 5.11 Å². The molecule has 0 saturated heterocycles. The molecular formula is C17H20O. The summed E-state index contributed by atoms with van der Waals surface area (Å²) >= 11 is 0. The van der Waals surface area contributed by atoms with Gasteiger partial charge in [-0.3, -0.25) is 0 Å². The van der Waals surface area contributed by atoms with Crippen molar-refractivity contribution < 1.29 is 5.11 Å². The van der Waals surface area contributed by atoms with E-state index in [1.807, 2.05) is 55.5 Å². The maximum absolute atomic E-state index is 10.9. The van der Waals surface area contributed by atoms with E-state index in [1.165, 1.54) is 11.1 Å². The number of aliphatic hydroxyl groups is 1.